The van der Waals surface area contributed by atoms with Crippen LogP contribution < -0.4 is 14.9 Å². The van der Waals surface area contributed by atoms with Gasteiger partial charge in [-0.3, -0.25) is 14.9 Å². The Morgan fingerprint density at radius 1 is 1.14 bits per heavy atom. The fourth-order valence-electron chi connectivity index (χ4n) is 3.09. The molecular weight excluding hydrogens is 594 g/mol. The average Bonchev–Trinajstić information content (AvgIpc) is 2.83. The molecule has 0 atom stereocenters. The number of hydrazone groups is 1. The maximum absolute atomic E-state index is 13.1. The fourth-order valence-corrected chi connectivity index (χ4v) is 3.87. The summed E-state index contributed by atoms with van der Waals surface area (Å²) in [5.41, 5.74) is 1.71. The molecule has 0 aliphatic rings. The zero-order valence-electron chi connectivity index (χ0n) is 18.7. The Kier molecular flexibility index (Phi) is 8.85. The number of benzene rings is 3. The highest BCUT2D eigenvalue weighted by molar-refractivity contribution is 14.1. The summed E-state index contributed by atoms with van der Waals surface area (Å²) in [6.07, 6.45) is -3.40. The van der Waals surface area contributed by atoms with Crippen molar-refractivity contribution in [3.8, 4) is 11.5 Å². The van der Waals surface area contributed by atoms with Crippen LogP contribution in [0.3, 0.4) is 0 Å². The number of hydrogen-bond acceptors (Lipinski definition) is 6. The first-order chi connectivity index (χ1) is 17.1. The van der Waals surface area contributed by atoms with Crippen LogP contribution in [0, 0.1) is 13.7 Å². The maximum Gasteiger partial charge on any atom is 0.417 e. The van der Waals surface area contributed by atoms with Gasteiger partial charge in [0.1, 0.15) is 6.61 Å². The number of rotatable bonds is 9. The van der Waals surface area contributed by atoms with Crippen molar-refractivity contribution in [2.45, 2.75) is 19.7 Å². The van der Waals surface area contributed by atoms with Gasteiger partial charge in [0.05, 0.1) is 32.4 Å². The summed E-state index contributed by atoms with van der Waals surface area (Å²) in [7, 11) is 0. The SMILES string of the molecule is CCOc1cc(/C=N/NC(=O)c2ccccc2C(F)(F)F)cc(I)c1OCc1ccc([N+](=O)[O-])cc1. The van der Waals surface area contributed by atoms with Crippen molar-refractivity contribution < 1.29 is 32.4 Å². The number of alkyl halides is 3. The van der Waals surface area contributed by atoms with Gasteiger partial charge in [-0.2, -0.15) is 18.3 Å². The lowest BCUT2D eigenvalue weighted by Crippen LogP contribution is -2.22. The molecule has 0 saturated heterocycles. The molecule has 1 N–H and O–H groups in total. The summed E-state index contributed by atoms with van der Waals surface area (Å²) in [5, 5.41) is 14.6. The molecule has 0 aliphatic carbocycles. The lowest BCUT2D eigenvalue weighted by atomic mass is 10.1. The van der Waals surface area contributed by atoms with Crippen LogP contribution in [0.15, 0.2) is 65.8 Å². The topological polar surface area (TPSA) is 103 Å². The van der Waals surface area contributed by atoms with Crippen molar-refractivity contribution in [3.63, 3.8) is 0 Å². The van der Waals surface area contributed by atoms with Crippen LogP contribution in [0.2, 0.25) is 0 Å². The van der Waals surface area contributed by atoms with Crippen LogP contribution in [0.4, 0.5) is 18.9 Å². The van der Waals surface area contributed by atoms with E-state index in [-0.39, 0.29) is 12.3 Å². The fraction of sp³-hybridized carbons (Fsp3) is 0.167. The van der Waals surface area contributed by atoms with Crippen molar-refractivity contribution in [3.05, 3.63) is 96.6 Å². The Morgan fingerprint density at radius 3 is 2.47 bits per heavy atom. The van der Waals surface area contributed by atoms with Crippen LogP contribution in [0.5, 0.6) is 11.5 Å². The molecule has 0 aliphatic heterocycles. The first kappa shape index (κ1) is 26.9. The Morgan fingerprint density at radius 2 is 1.83 bits per heavy atom. The zero-order valence-corrected chi connectivity index (χ0v) is 20.9. The van der Waals surface area contributed by atoms with Crippen LogP contribution in [0.1, 0.15) is 34.0 Å². The monoisotopic (exact) mass is 613 g/mol. The second kappa shape index (κ2) is 11.8. The lowest BCUT2D eigenvalue weighted by Gasteiger charge is -2.15. The summed E-state index contributed by atoms with van der Waals surface area (Å²) in [5.74, 6) is -0.167. The highest BCUT2D eigenvalue weighted by Gasteiger charge is 2.34. The molecule has 36 heavy (non-hydrogen) atoms. The molecule has 0 unspecified atom stereocenters. The average molecular weight is 613 g/mol. The van der Waals surface area contributed by atoms with Gasteiger partial charge in [-0.25, -0.2) is 5.43 Å². The molecule has 3 aromatic carbocycles. The second-order valence-corrected chi connectivity index (χ2v) is 8.38. The van der Waals surface area contributed by atoms with Crippen LogP contribution >= 0.6 is 22.6 Å². The van der Waals surface area contributed by atoms with Gasteiger partial charge in [0.15, 0.2) is 11.5 Å². The van der Waals surface area contributed by atoms with Gasteiger partial charge in [-0.15, -0.1) is 0 Å². The molecule has 0 fully saturated rings. The number of ether oxygens (including phenoxy) is 2. The van der Waals surface area contributed by atoms with E-state index in [0.717, 1.165) is 12.1 Å². The zero-order chi connectivity index (χ0) is 26.3. The Bertz CT molecular complexity index is 1280. The van der Waals surface area contributed by atoms with Crippen molar-refractivity contribution in [1.82, 2.24) is 5.43 Å². The number of amides is 1. The van der Waals surface area contributed by atoms with Gasteiger partial charge >= 0.3 is 6.18 Å². The largest absolute Gasteiger partial charge is 0.490 e. The molecule has 0 heterocycles. The highest BCUT2D eigenvalue weighted by Crippen LogP contribution is 2.35. The Hall–Kier alpha value is -3.68. The van der Waals surface area contributed by atoms with E-state index in [4.69, 9.17) is 9.47 Å². The molecule has 1 amide bonds. The Balaban J connectivity index is 1.74. The third-order valence-corrected chi connectivity index (χ3v) is 5.52. The van der Waals surface area contributed by atoms with E-state index in [0.29, 0.717) is 32.8 Å². The molecule has 8 nitrogen and oxygen atoms in total. The standard InChI is InChI=1S/C24H19F3IN3O5/c1-2-35-21-12-16(13-29-30-23(32)18-5-3-4-6-19(18)24(25,26)27)11-20(28)22(21)36-14-15-7-9-17(10-8-15)31(33)34/h3-13H,2,14H2,1H3,(H,30,32)/b29-13+. The molecule has 3 rings (SSSR count). The highest BCUT2D eigenvalue weighted by atomic mass is 127. The molecular formula is C24H19F3IN3O5. The summed E-state index contributed by atoms with van der Waals surface area (Å²) in [6, 6.07) is 13.7. The number of non-ortho nitro benzene ring substituents is 1. The quantitative estimate of drug-likeness (QED) is 0.139. The third-order valence-electron chi connectivity index (χ3n) is 4.72. The lowest BCUT2D eigenvalue weighted by molar-refractivity contribution is -0.384. The number of carbonyl (C=O) groups is 1. The first-order valence-electron chi connectivity index (χ1n) is 10.4. The second-order valence-electron chi connectivity index (χ2n) is 7.22. The number of nitrogens with zero attached hydrogens (tertiary/aromatic N) is 2. The molecule has 0 spiro atoms. The first-order valence-corrected chi connectivity index (χ1v) is 11.5. The van der Waals surface area contributed by atoms with Gasteiger partial charge < -0.3 is 9.47 Å². The summed E-state index contributed by atoms with van der Waals surface area (Å²) < 4.78 is 51.6. The molecule has 188 valence electrons. The van der Waals surface area contributed by atoms with Crippen LogP contribution in [0.25, 0.3) is 0 Å². The number of halogens is 4. The predicted octanol–water partition coefficient (Wildman–Crippen LogP) is 5.96. The minimum atomic E-state index is -4.68. The van der Waals surface area contributed by atoms with E-state index in [1.165, 1.54) is 30.5 Å². The van der Waals surface area contributed by atoms with Crippen LogP contribution in [-0.4, -0.2) is 23.7 Å². The molecule has 0 radical (unpaired) electrons. The number of nitro benzene ring substituents is 1. The Labute approximate surface area is 217 Å². The normalized spacial score (nSPS) is 11.4. The van der Waals surface area contributed by atoms with E-state index in [1.54, 1.807) is 31.2 Å². The van der Waals surface area contributed by atoms with Crippen LogP contribution in [-0.2, 0) is 12.8 Å². The molecule has 0 saturated carbocycles. The third kappa shape index (κ3) is 6.93. The van der Waals surface area contributed by atoms with Gasteiger partial charge in [0.25, 0.3) is 11.6 Å². The molecule has 12 heteroatoms. The van der Waals surface area contributed by atoms with Gasteiger partial charge in [-0.05, 0) is 77.0 Å². The van der Waals surface area contributed by atoms with Crippen molar-refractivity contribution >= 4 is 40.4 Å². The summed E-state index contributed by atoms with van der Waals surface area (Å²) >= 11 is 2.03. The number of nitrogens with one attached hydrogen (secondary N) is 1. The molecule has 0 bridgehead atoms. The smallest absolute Gasteiger partial charge is 0.417 e. The van der Waals surface area contributed by atoms with E-state index in [1.807, 2.05) is 22.6 Å². The van der Waals surface area contributed by atoms with E-state index < -0.39 is 28.1 Å². The van der Waals surface area contributed by atoms with Crippen molar-refractivity contribution in [2.75, 3.05) is 6.61 Å². The molecule has 3 aromatic rings. The van der Waals surface area contributed by atoms with E-state index in [2.05, 4.69) is 10.5 Å². The summed E-state index contributed by atoms with van der Waals surface area (Å²) in [4.78, 5) is 22.6. The van der Waals surface area contributed by atoms with Crippen molar-refractivity contribution in [2.24, 2.45) is 5.10 Å². The number of hydrogen-bond donors (Lipinski definition) is 1. The number of carbonyl (C=O) groups excluding carboxylic acids is 1. The van der Waals surface area contributed by atoms with Gasteiger partial charge in [0, 0.05) is 12.1 Å². The number of nitro groups is 1. The summed E-state index contributed by atoms with van der Waals surface area (Å²) in [6.45, 7) is 2.25. The predicted molar refractivity (Wildman–Crippen MR) is 134 cm³/mol. The minimum Gasteiger partial charge on any atom is -0.490 e. The van der Waals surface area contributed by atoms with Gasteiger partial charge in [-0.1, -0.05) is 12.1 Å². The molecule has 0 aromatic heterocycles. The minimum absolute atomic E-state index is 0.0269. The van der Waals surface area contributed by atoms with Gasteiger partial charge in [0.2, 0.25) is 0 Å². The van der Waals surface area contributed by atoms with E-state index in [9.17, 15) is 28.1 Å². The van der Waals surface area contributed by atoms with Crippen molar-refractivity contribution in [1.29, 1.82) is 0 Å². The maximum atomic E-state index is 13.1. The van der Waals surface area contributed by atoms with E-state index >= 15 is 0 Å².